The number of benzene rings is 1. The Morgan fingerprint density at radius 3 is 2.88 bits per heavy atom. The molecule has 0 saturated carbocycles. The predicted molar refractivity (Wildman–Crippen MR) is 91.1 cm³/mol. The highest BCUT2D eigenvalue weighted by molar-refractivity contribution is 7.99. The summed E-state index contributed by atoms with van der Waals surface area (Å²) < 4.78 is 12.0. The molecule has 24 heavy (non-hydrogen) atoms. The van der Waals surface area contributed by atoms with Crippen molar-refractivity contribution in [1.82, 2.24) is 9.55 Å². The van der Waals surface area contributed by atoms with Crippen LogP contribution in [0.3, 0.4) is 0 Å². The van der Waals surface area contributed by atoms with Crippen LogP contribution in [0.15, 0.2) is 40.4 Å². The quantitative estimate of drug-likeness (QED) is 0.833. The van der Waals surface area contributed by atoms with Crippen LogP contribution in [-0.2, 0) is 4.79 Å². The van der Waals surface area contributed by atoms with Crippen LogP contribution in [-0.4, -0.2) is 35.4 Å². The fourth-order valence-electron chi connectivity index (χ4n) is 2.58. The number of thioether (sulfide) groups is 1. The zero-order valence-electron chi connectivity index (χ0n) is 13.3. The Kier molecular flexibility index (Phi) is 4.75. The summed E-state index contributed by atoms with van der Waals surface area (Å²) in [6.45, 7) is 0. The molecule has 0 radical (unpaired) electrons. The van der Waals surface area contributed by atoms with E-state index in [2.05, 4.69) is 10.3 Å². The summed E-state index contributed by atoms with van der Waals surface area (Å²) in [5.41, 5.74) is 0.482. The minimum atomic E-state index is -0.189. The smallest absolute Gasteiger partial charge is 0.254 e. The molecule has 7 nitrogen and oxygen atoms in total. The number of rotatable bonds is 5. The number of carbonyl (C=O) groups excluding carboxylic acids is 1. The van der Waals surface area contributed by atoms with Crippen LogP contribution in [0.2, 0.25) is 0 Å². The highest BCUT2D eigenvalue weighted by Gasteiger charge is 2.26. The first-order chi connectivity index (χ1) is 11.6. The van der Waals surface area contributed by atoms with E-state index in [0.29, 0.717) is 28.1 Å². The van der Waals surface area contributed by atoms with Crippen molar-refractivity contribution in [3.05, 3.63) is 40.8 Å². The van der Waals surface area contributed by atoms with E-state index >= 15 is 0 Å². The SMILES string of the molecule is COc1ccc(NC(=O)C[C@@H]2CSc3nccc(=O)n32)cc1OC. The van der Waals surface area contributed by atoms with Crippen molar-refractivity contribution in [3.8, 4) is 11.5 Å². The van der Waals surface area contributed by atoms with Gasteiger partial charge in [0, 0.05) is 36.2 Å². The molecule has 0 spiro atoms. The molecule has 1 N–H and O–H groups in total. The lowest BCUT2D eigenvalue weighted by Gasteiger charge is -2.14. The molecule has 1 aliphatic rings. The monoisotopic (exact) mass is 347 g/mol. The second kappa shape index (κ2) is 6.96. The fraction of sp³-hybridized carbons (Fsp3) is 0.312. The number of hydrogen-bond donors (Lipinski definition) is 1. The molecule has 3 rings (SSSR count). The Balaban J connectivity index is 1.71. The van der Waals surface area contributed by atoms with Crippen LogP contribution in [0.25, 0.3) is 0 Å². The Morgan fingerprint density at radius 2 is 2.12 bits per heavy atom. The first kappa shape index (κ1) is 16.4. The van der Waals surface area contributed by atoms with Gasteiger partial charge >= 0.3 is 0 Å². The maximum Gasteiger partial charge on any atom is 0.254 e. The van der Waals surface area contributed by atoms with Gasteiger partial charge in [0.15, 0.2) is 16.7 Å². The summed E-state index contributed by atoms with van der Waals surface area (Å²) in [6.07, 6.45) is 1.70. The number of fused-ring (bicyclic) bond motifs is 1. The van der Waals surface area contributed by atoms with E-state index in [9.17, 15) is 9.59 Å². The van der Waals surface area contributed by atoms with Gasteiger partial charge in [-0.25, -0.2) is 4.98 Å². The number of carbonyl (C=O) groups is 1. The third-order valence-electron chi connectivity index (χ3n) is 3.70. The van der Waals surface area contributed by atoms with Crippen LogP contribution >= 0.6 is 11.8 Å². The molecule has 1 aliphatic heterocycles. The number of hydrogen-bond acceptors (Lipinski definition) is 6. The largest absolute Gasteiger partial charge is 0.493 e. The summed E-state index contributed by atoms with van der Waals surface area (Å²) in [7, 11) is 3.09. The van der Waals surface area contributed by atoms with Crippen molar-refractivity contribution >= 4 is 23.4 Å². The maximum atomic E-state index is 12.3. The fourth-order valence-corrected chi connectivity index (χ4v) is 3.70. The second-order valence-electron chi connectivity index (χ2n) is 5.22. The molecule has 0 fully saturated rings. The molecule has 0 saturated heterocycles. The van der Waals surface area contributed by atoms with Gasteiger partial charge in [0.1, 0.15) is 0 Å². The average Bonchev–Trinajstić information content (AvgIpc) is 2.99. The van der Waals surface area contributed by atoms with Crippen molar-refractivity contribution in [3.63, 3.8) is 0 Å². The van der Waals surface area contributed by atoms with Crippen LogP contribution in [0.4, 0.5) is 5.69 Å². The van der Waals surface area contributed by atoms with E-state index in [1.54, 1.807) is 29.9 Å². The van der Waals surface area contributed by atoms with Crippen LogP contribution < -0.4 is 20.3 Å². The average molecular weight is 347 g/mol. The maximum absolute atomic E-state index is 12.3. The van der Waals surface area contributed by atoms with E-state index in [0.717, 1.165) is 0 Å². The van der Waals surface area contributed by atoms with Gasteiger partial charge in [0.05, 0.1) is 20.3 Å². The normalized spacial score (nSPS) is 15.7. The number of methoxy groups -OCH3 is 2. The molecule has 8 heteroatoms. The third kappa shape index (κ3) is 3.23. The zero-order valence-corrected chi connectivity index (χ0v) is 14.1. The van der Waals surface area contributed by atoms with Gasteiger partial charge < -0.3 is 14.8 Å². The van der Waals surface area contributed by atoms with Gasteiger partial charge in [0.25, 0.3) is 5.56 Å². The molecule has 1 aromatic heterocycles. The summed E-state index contributed by atoms with van der Waals surface area (Å²) >= 11 is 1.48. The van der Waals surface area contributed by atoms with Gasteiger partial charge in [-0.2, -0.15) is 0 Å². The molecular formula is C16H17N3O4S. The molecule has 1 amide bonds. The number of aromatic nitrogens is 2. The minimum absolute atomic E-state index is 0.131. The molecule has 0 bridgehead atoms. The van der Waals surface area contributed by atoms with Crippen molar-refractivity contribution < 1.29 is 14.3 Å². The Labute approximate surface area is 143 Å². The van der Waals surface area contributed by atoms with E-state index in [1.807, 2.05) is 0 Å². The highest BCUT2D eigenvalue weighted by Crippen LogP contribution is 2.32. The number of anilines is 1. The zero-order chi connectivity index (χ0) is 17.1. The lowest BCUT2D eigenvalue weighted by atomic mass is 10.2. The lowest BCUT2D eigenvalue weighted by Crippen LogP contribution is -2.26. The van der Waals surface area contributed by atoms with Crippen LogP contribution in [0.5, 0.6) is 11.5 Å². The van der Waals surface area contributed by atoms with E-state index in [4.69, 9.17) is 9.47 Å². The highest BCUT2D eigenvalue weighted by atomic mass is 32.2. The second-order valence-corrected chi connectivity index (χ2v) is 6.21. The van der Waals surface area contributed by atoms with Crippen molar-refractivity contribution in [2.75, 3.05) is 25.3 Å². The molecule has 1 aromatic carbocycles. The van der Waals surface area contributed by atoms with E-state index < -0.39 is 0 Å². The standard InChI is InChI=1S/C16H17N3O4S/c1-22-12-4-3-10(7-13(12)23-2)18-14(20)8-11-9-24-16-17-6-5-15(21)19(11)16/h3-7,11H,8-9H2,1-2H3,(H,18,20)/t11-/m1/s1. The molecule has 126 valence electrons. The Hall–Kier alpha value is -2.48. The van der Waals surface area contributed by atoms with Crippen molar-refractivity contribution in [1.29, 1.82) is 0 Å². The molecule has 2 heterocycles. The van der Waals surface area contributed by atoms with Gasteiger partial charge in [0.2, 0.25) is 5.91 Å². The number of nitrogens with one attached hydrogen (secondary N) is 1. The predicted octanol–water partition coefficient (Wildman–Crippen LogP) is 1.94. The first-order valence-corrected chi connectivity index (χ1v) is 8.33. The van der Waals surface area contributed by atoms with Gasteiger partial charge in [-0.3, -0.25) is 14.2 Å². The molecule has 0 unspecified atom stereocenters. The Morgan fingerprint density at radius 1 is 1.33 bits per heavy atom. The van der Waals surface area contributed by atoms with Crippen LogP contribution in [0.1, 0.15) is 12.5 Å². The third-order valence-corrected chi connectivity index (χ3v) is 4.82. The van der Waals surface area contributed by atoms with Crippen LogP contribution in [0, 0.1) is 0 Å². The number of ether oxygens (including phenoxy) is 2. The van der Waals surface area contributed by atoms with Gasteiger partial charge in [-0.15, -0.1) is 0 Å². The molecular weight excluding hydrogens is 330 g/mol. The number of nitrogens with zero attached hydrogens (tertiary/aromatic N) is 2. The molecule has 2 aromatic rings. The summed E-state index contributed by atoms with van der Waals surface area (Å²) in [5, 5.41) is 3.48. The van der Waals surface area contributed by atoms with Crippen molar-refractivity contribution in [2.24, 2.45) is 0 Å². The summed E-state index contributed by atoms with van der Waals surface area (Å²) in [5.74, 6) is 1.62. The van der Waals surface area contributed by atoms with Crippen molar-refractivity contribution in [2.45, 2.75) is 17.6 Å². The van der Waals surface area contributed by atoms with E-state index in [-0.39, 0.29) is 23.9 Å². The van der Waals surface area contributed by atoms with Gasteiger partial charge in [-0.05, 0) is 12.1 Å². The lowest BCUT2D eigenvalue weighted by molar-refractivity contribution is -0.116. The first-order valence-electron chi connectivity index (χ1n) is 7.34. The van der Waals surface area contributed by atoms with Gasteiger partial charge in [-0.1, -0.05) is 11.8 Å². The minimum Gasteiger partial charge on any atom is -0.493 e. The summed E-state index contributed by atoms with van der Waals surface area (Å²) in [6, 6.07) is 6.39. The molecule has 0 aliphatic carbocycles. The summed E-state index contributed by atoms with van der Waals surface area (Å²) in [4.78, 5) is 28.4. The number of amides is 1. The topological polar surface area (TPSA) is 82.5 Å². The van der Waals surface area contributed by atoms with E-state index in [1.165, 1.54) is 31.1 Å². The Bertz CT molecular complexity index is 821. The molecule has 1 atom stereocenters.